The largest absolute Gasteiger partial charge is 0.353 e. The molecule has 4 unspecified atom stereocenters. The average molecular weight is 360 g/mol. The normalized spacial score (nSPS) is 20.9. The first kappa shape index (κ1) is 20.4. The van der Waals surface area contributed by atoms with Crippen LogP contribution in [-0.4, -0.2) is 35.8 Å². The SMILES string of the molecule is CCCC(C)NC(=O)C1CCCN(C(=O)C(C)C(N)c2ccccc2)C1. The van der Waals surface area contributed by atoms with E-state index in [0.29, 0.717) is 13.1 Å². The zero-order valence-electron chi connectivity index (χ0n) is 16.3. The molecule has 26 heavy (non-hydrogen) atoms. The van der Waals surface area contributed by atoms with Gasteiger partial charge in [-0.15, -0.1) is 0 Å². The van der Waals surface area contributed by atoms with Gasteiger partial charge in [-0.1, -0.05) is 50.6 Å². The first-order chi connectivity index (χ1) is 12.4. The van der Waals surface area contributed by atoms with E-state index in [1.165, 1.54) is 0 Å². The molecule has 1 aromatic carbocycles. The maximum Gasteiger partial charge on any atom is 0.227 e. The summed E-state index contributed by atoms with van der Waals surface area (Å²) < 4.78 is 0. The molecule has 0 aromatic heterocycles. The highest BCUT2D eigenvalue weighted by Crippen LogP contribution is 2.24. The minimum atomic E-state index is -0.331. The van der Waals surface area contributed by atoms with Crippen LogP contribution < -0.4 is 11.1 Å². The molecule has 3 N–H and O–H groups in total. The van der Waals surface area contributed by atoms with Gasteiger partial charge >= 0.3 is 0 Å². The van der Waals surface area contributed by atoms with E-state index in [1.807, 2.05) is 49.1 Å². The van der Waals surface area contributed by atoms with Crippen molar-refractivity contribution < 1.29 is 9.59 Å². The molecule has 1 saturated heterocycles. The molecule has 1 aliphatic rings. The third-order valence-corrected chi connectivity index (χ3v) is 5.33. The van der Waals surface area contributed by atoms with Gasteiger partial charge in [0.2, 0.25) is 11.8 Å². The number of hydrogen-bond donors (Lipinski definition) is 2. The van der Waals surface area contributed by atoms with E-state index >= 15 is 0 Å². The fourth-order valence-corrected chi connectivity index (χ4v) is 3.66. The second kappa shape index (κ2) is 9.72. The quantitative estimate of drug-likeness (QED) is 0.786. The van der Waals surface area contributed by atoms with Crippen LogP contribution in [0.4, 0.5) is 0 Å². The van der Waals surface area contributed by atoms with Crippen LogP contribution in [0.15, 0.2) is 30.3 Å². The number of carbonyl (C=O) groups excluding carboxylic acids is 2. The third kappa shape index (κ3) is 5.31. The number of benzene rings is 1. The molecule has 2 rings (SSSR count). The Hall–Kier alpha value is -1.88. The number of nitrogens with two attached hydrogens (primary N) is 1. The summed E-state index contributed by atoms with van der Waals surface area (Å²) in [5.41, 5.74) is 7.28. The Balaban J connectivity index is 1.95. The highest BCUT2D eigenvalue weighted by Gasteiger charge is 2.32. The van der Waals surface area contributed by atoms with Crippen molar-refractivity contribution in [2.75, 3.05) is 13.1 Å². The summed E-state index contributed by atoms with van der Waals surface area (Å²) in [7, 11) is 0. The van der Waals surface area contributed by atoms with Crippen LogP contribution in [0.3, 0.4) is 0 Å². The lowest BCUT2D eigenvalue weighted by atomic mass is 9.91. The molecule has 0 radical (unpaired) electrons. The topological polar surface area (TPSA) is 75.4 Å². The Labute approximate surface area is 157 Å². The van der Waals surface area contributed by atoms with Crippen molar-refractivity contribution in [3.8, 4) is 0 Å². The van der Waals surface area contributed by atoms with Crippen molar-refractivity contribution in [2.24, 2.45) is 17.6 Å². The maximum atomic E-state index is 12.9. The average Bonchev–Trinajstić information content (AvgIpc) is 2.67. The van der Waals surface area contributed by atoms with Crippen molar-refractivity contribution in [2.45, 2.75) is 58.5 Å². The van der Waals surface area contributed by atoms with E-state index in [0.717, 1.165) is 31.2 Å². The molecule has 144 valence electrons. The zero-order chi connectivity index (χ0) is 19.1. The van der Waals surface area contributed by atoms with Gasteiger partial charge in [0, 0.05) is 25.2 Å². The summed E-state index contributed by atoms with van der Waals surface area (Å²) in [6.45, 7) is 7.23. The van der Waals surface area contributed by atoms with Crippen molar-refractivity contribution in [3.63, 3.8) is 0 Å². The Morgan fingerprint density at radius 2 is 1.96 bits per heavy atom. The Bertz CT molecular complexity index is 590. The van der Waals surface area contributed by atoms with E-state index in [1.54, 1.807) is 0 Å². The van der Waals surface area contributed by atoms with Crippen LogP contribution in [0.1, 0.15) is 58.1 Å². The van der Waals surface area contributed by atoms with Gasteiger partial charge in [-0.05, 0) is 31.7 Å². The zero-order valence-corrected chi connectivity index (χ0v) is 16.3. The number of likely N-dealkylation sites (tertiary alicyclic amines) is 1. The minimum Gasteiger partial charge on any atom is -0.353 e. The van der Waals surface area contributed by atoms with Gasteiger partial charge in [0.05, 0.1) is 11.8 Å². The molecule has 1 heterocycles. The standard InChI is InChI=1S/C21H33N3O2/c1-4-9-15(2)23-20(25)18-12-8-13-24(14-18)21(26)16(3)19(22)17-10-6-5-7-11-17/h5-7,10-11,15-16,18-19H,4,8-9,12-14,22H2,1-3H3,(H,23,25). The fourth-order valence-electron chi connectivity index (χ4n) is 3.66. The highest BCUT2D eigenvalue weighted by atomic mass is 16.2. The Morgan fingerprint density at radius 1 is 1.27 bits per heavy atom. The molecule has 1 aromatic rings. The van der Waals surface area contributed by atoms with Crippen LogP contribution in [0, 0.1) is 11.8 Å². The molecule has 0 bridgehead atoms. The van der Waals surface area contributed by atoms with Crippen molar-refractivity contribution >= 4 is 11.8 Å². The van der Waals surface area contributed by atoms with Gasteiger partial charge in [0.25, 0.3) is 0 Å². The second-order valence-electron chi connectivity index (χ2n) is 7.55. The number of piperidine rings is 1. The third-order valence-electron chi connectivity index (χ3n) is 5.33. The van der Waals surface area contributed by atoms with E-state index in [2.05, 4.69) is 12.2 Å². The van der Waals surface area contributed by atoms with Gasteiger partial charge in [-0.25, -0.2) is 0 Å². The number of rotatable bonds is 7. The van der Waals surface area contributed by atoms with Crippen LogP contribution >= 0.6 is 0 Å². The predicted octanol–water partition coefficient (Wildman–Crippen LogP) is 2.87. The molecule has 0 saturated carbocycles. The lowest BCUT2D eigenvalue weighted by Crippen LogP contribution is -2.49. The fraction of sp³-hybridized carbons (Fsp3) is 0.619. The van der Waals surface area contributed by atoms with Gasteiger partial charge in [-0.2, -0.15) is 0 Å². The van der Waals surface area contributed by atoms with Crippen molar-refractivity contribution in [1.82, 2.24) is 10.2 Å². The molecule has 5 heteroatoms. The van der Waals surface area contributed by atoms with Crippen LogP contribution in [0.5, 0.6) is 0 Å². The molecule has 1 aliphatic heterocycles. The summed E-state index contributed by atoms with van der Waals surface area (Å²) in [5.74, 6) is -0.311. The summed E-state index contributed by atoms with van der Waals surface area (Å²) in [6, 6.07) is 9.57. The first-order valence-electron chi connectivity index (χ1n) is 9.83. The van der Waals surface area contributed by atoms with Crippen LogP contribution in [0.2, 0.25) is 0 Å². The van der Waals surface area contributed by atoms with Crippen LogP contribution in [0.25, 0.3) is 0 Å². The number of hydrogen-bond acceptors (Lipinski definition) is 3. The number of nitrogens with zero attached hydrogens (tertiary/aromatic N) is 1. The molecule has 0 aliphatic carbocycles. The van der Waals surface area contributed by atoms with Gasteiger partial charge < -0.3 is 16.0 Å². The molecular formula is C21H33N3O2. The molecule has 1 fully saturated rings. The summed E-state index contributed by atoms with van der Waals surface area (Å²) in [4.78, 5) is 27.2. The van der Waals surface area contributed by atoms with Gasteiger partial charge in [-0.3, -0.25) is 9.59 Å². The molecule has 0 spiro atoms. The summed E-state index contributed by atoms with van der Waals surface area (Å²) in [6.07, 6.45) is 3.72. The van der Waals surface area contributed by atoms with E-state index in [4.69, 9.17) is 5.73 Å². The maximum absolute atomic E-state index is 12.9. The van der Waals surface area contributed by atoms with E-state index in [9.17, 15) is 9.59 Å². The second-order valence-corrected chi connectivity index (χ2v) is 7.55. The monoisotopic (exact) mass is 359 g/mol. The lowest BCUT2D eigenvalue weighted by Gasteiger charge is -2.35. The Kier molecular flexibility index (Phi) is 7.64. The highest BCUT2D eigenvalue weighted by molar-refractivity contribution is 5.82. The molecule has 4 atom stereocenters. The molecule has 5 nitrogen and oxygen atoms in total. The van der Waals surface area contributed by atoms with E-state index < -0.39 is 0 Å². The summed E-state index contributed by atoms with van der Waals surface area (Å²) >= 11 is 0. The van der Waals surface area contributed by atoms with Crippen molar-refractivity contribution in [3.05, 3.63) is 35.9 Å². The van der Waals surface area contributed by atoms with Gasteiger partial charge in [0.15, 0.2) is 0 Å². The molecule has 2 amide bonds. The number of carbonyl (C=O) groups is 2. The Morgan fingerprint density at radius 3 is 2.62 bits per heavy atom. The van der Waals surface area contributed by atoms with E-state index in [-0.39, 0.29) is 35.7 Å². The van der Waals surface area contributed by atoms with Crippen molar-refractivity contribution in [1.29, 1.82) is 0 Å². The van der Waals surface area contributed by atoms with Crippen LogP contribution in [-0.2, 0) is 9.59 Å². The number of amides is 2. The molecular weight excluding hydrogens is 326 g/mol. The van der Waals surface area contributed by atoms with Gasteiger partial charge in [0.1, 0.15) is 0 Å². The lowest BCUT2D eigenvalue weighted by molar-refractivity contribution is -0.139. The predicted molar refractivity (Wildman–Crippen MR) is 104 cm³/mol. The number of nitrogens with one attached hydrogen (secondary N) is 1. The summed E-state index contributed by atoms with van der Waals surface area (Å²) in [5, 5.41) is 3.09. The smallest absolute Gasteiger partial charge is 0.227 e. The first-order valence-corrected chi connectivity index (χ1v) is 9.83. The minimum absolute atomic E-state index is 0.0421.